The summed E-state index contributed by atoms with van der Waals surface area (Å²) in [6, 6.07) is 0.302. The fraction of sp³-hybridized carbons (Fsp3) is 0.833. The highest BCUT2D eigenvalue weighted by molar-refractivity contribution is 5.01. The van der Waals surface area contributed by atoms with Gasteiger partial charge in [-0.3, -0.25) is 0 Å². The SMILES string of the molecule is NC(Cc1nnc2n1CCCCC2)C1CC1. The van der Waals surface area contributed by atoms with Crippen LogP contribution in [0, 0.1) is 5.92 Å². The standard InChI is InChI=1S/C12H20N4/c13-10(9-5-6-9)8-12-15-14-11-4-2-1-3-7-16(11)12/h9-10H,1-8,13H2. The molecule has 1 aromatic rings. The molecule has 4 nitrogen and oxygen atoms in total. The summed E-state index contributed by atoms with van der Waals surface area (Å²) >= 11 is 0. The zero-order valence-electron chi connectivity index (χ0n) is 9.73. The van der Waals surface area contributed by atoms with Crippen LogP contribution in [-0.4, -0.2) is 20.8 Å². The fourth-order valence-electron chi connectivity index (χ4n) is 2.60. The van der Waals surface area contributed by atoms with Crippen LogP contribution in [0.15, 0.2) is 0 Å². The van der Waals surface area contributed by atoms with Gasteiger partial charge in [-0.15, -0.1) is 10.2 Å². The van der Waals surface area contributed by atoms with Crippen molar-refractivity contribution in [2.75, 3.05) is 0 Å². The van der Waals surface area contributed by atoms with Gasteiger partial charge in [-0.05, 0) is 31.6 Å². The molecule has 3 rings (SSSR count). The number of aryl methyl sites for hydroxylation is 1. The summed E-state index contributed by atoms with van der Waals surface area (Å²) in [4.78, 5) is 0. The summed E-state index contributed by atoms with van der Waals surface area (Å²) in [6.07, 6.45) is 8.45. The summed E-state index contributed by atoms with van der Waals surface area (Å²) in [5.74, 6) is 3.05. The molecule has 1 aliphatic heterocycles. The Morgan fingerprint density at radius 1 is 1.25 bits per heavy atom. The topological polar surface area (TPSA) is 56.7 Å². The molecule has 2 aliphatic rings. The average molecular weight is 220 g/mol. The van der Waals surface area contributed by atoms with E-state index in [4.69, 9.17) is 5.73 Å². The van der Waals surface area contributed by atoms with E-state index >= 15 is 0 Å². The van der Waals surface area contributed by atoms with Crippen molar-refractivity contribution in [3.05, 3.63) is 11.6 Å². The predicted octanol–water partition coefficient (Wildman–Crippen LogP) is 1.28. The van der Waals surface area contributed by atoms with Crippen molar-refractivity contribution in [1.29, 1.82) is 0 Å². The lowest BCUT2D eigenvalue weighted by atomic mass is 10.1. The number of nitrogens with two attached hydrogens (primary N) is 1. The van der Waals surface area contributed by atoms with Gasteiger partial charge >= 0.3 is 0 Å². The zero-order chi connectivity index (χ0) is 11.0. The Morgan fingerprint density at radius 3 is 2.94 bits per heavy atom. The van der Waals surface area contributed by atoms with Crippen LogP contribution in [0.5, 0.6) is 0 Å². The first-order valence-electron chi connectivity index (χ1n) is 6.51. The molecule has 1 fully saturated rings. The zero-order valence-corrected chi connectivity index (χ0v) is 9.73. The third-order valence-corrected chi connectivity index (χ3v) is 3.83. The number of aromatic nitrogens is 3. The molecule has 0 saturated heterocycles. The van der Waals surface area contributed by atoms with Gasteiger partial charge in [0.15, 0.2) is 0 Å². The summed E-state index contributed by atoms with van der Waals surface area (Å²) < 4.78 is 2.31. The van der Waals surface area contributed by atoms with Crippen LogP contribution in [0.25, 0.3) is 0 Å². The molecule has 88 valence electrons. The summed E-state index contributed by atoms with van der Waals surface area (Å²) in [6.45, 7) is 1.09. The van der Waals surface area contributed by atoms with Crippen molar-refractivity contribution in [3.8, 4) is 0 Å². The van der Waals surface area contributed by atoms with E-state index in [1.165, 1.54) is 37.9 Å². The average Bonchev–Trinajstić information content (AvgIpc) is 3.09. The van der Waals surface area contributed by atoms with Crippen LogP contribution in [0.3, 0.4) is 0 Å². The van der Waals surface area contributed by atoms with Crippen LogP contribution in [0.4, 0.5) is 0 Å². The maximum absolute atomic E-state index is 6.16. The van der Waals surface area contributed by atoms with Crippen LogP contribution in [0.1, 0.15) is 43.8 Å². The van der Waals surface area contributed by atoms with Crippen molar-refractivity contribution >= 4 is 0 Å². The van der Waals surface area contributed by atoms with Gasteiger partial charge in [0, 0.05) is 25.4 Å². The van der Waals surface area contributed by atoms with Crippen LogP contribution in [0.2, 0.25) is 0 Å². The first kappa shape index (κ1) is 10.3. The van der Waals surface area contributed by atoms with Crippen LogP contribution in [-0.2, 0) is 19.4 Å². The van der Waals surface area contributed by atoms with Gasteiger partial charge < -0.3 is 10.3 Å². The Bertz CT molecular complexity index is 367. The molecule has 1 saturated carbocycles. The van der Waals surface area contributed by atoms with E-state index < -0.39 is 0 Å². The molecular weight excluding hydrogens is 200 g/mol. The fourth-order valence-corrected chi connectivity index (χ4v) is 2.60. The van der Waals surface area contributed by atoms with E-state index in [1.807, 2.05) is 0 Å². The van der Waals surface area contributed by atoms with Gasteiger partial charge in [-0.1, -0.05) is 6.42 Å². The van der Waals surface area contributed by atoms with Crippen LogP contribution >= 0.6 is 0 Å². The molecule has 1 unspecified atom stereocenters. The molecule has 0 amide bonds. The highest BCUT2D eigenvalue weighted by atomic mass is 15.3. The molecule has 1 atom stereocenters. The maximum Gasteiger partial charge on any atom is 0.134 e. The highest BCUT2D eigenvalue weighted by Crippen LogP contribution is 2.32. The molecule has 1 aliphatic carbocycles. The lowest BCUT2D eigenvalue weighted by molar-refractivity contribution is 0.537. The van der Waals surface area contributed by atoms with E-state index in [1.54, 1.807) is 0 Å². The van der Waals surface area contributed by atoms with Crippen molar-refractivity contribution in [2.45, 2.75) is 57.5 Å². The lowest BCUT2D eigenvalue weighted by Gasteiger charge is -2.11. The smallest absolute Gasteiger partial charge is 0.134 e. The second kappa shape index (κ2) is 4.17. The Balaban J connectivity index is 1.76. The quantitative estimate of drug-likeness (QED) is 0.835. The number of hydrogen-bond acceptors (Lipinski definition) is 3. The molecule has 0 aromatic carbocycles. The van der Waals surface area contributed by atoms with Crippen LogP contribution < -0.4 is 5.73 Å². The minimum atomic E-state index is 0.302. The van der Waals surface area contributed by atoms with E-state index in [2.05, 4.69) is 14.8 Å². The first-order chi connectivity index (χ1) is 7.84. The third-order valence-electron chi connectivity index (χ3n) is 3.83. The van der Waals surface area contributed by atoms with E-state index in [0.717, 1.165) is 31.1 Å². The Hall–Kier alpha value is -0.900. The number of rotatable bonds is 3. The van der Waals surface area contributed by atoms with Crippen molar-refractivity contribution in [1.82, 2.24) is 14.8 Å². The minimum absolute atomic E-state index is 0.302. The van der Waals surface area contributed by atoms with Gasteiger partial charge in [-0.25, -0.2) is 0 Å². The number of hydrogen-bond donors (Lipinski definition) is 1. The van der Waals surface area contributed by atoms with E-state index in [9.17, 15) is 0 Å². The molecule has 2 heterocycles. The third kappa shape index (κ3) is 1.98. The van der Waals surface area contributed by atoms with Gasteiger partial charge in [0.2, 0.25) is 0 Å². The van der Waals surface area contributed by atoms with Crippen molar-refractivity contribution in [3.63, 3.8) is 0 Å². The van der Waals surface area contributed by atoms with Gasteiger partial charge in [-0.2, -0.15) is 0 Å². The normalized spacial score (nSPS) is 22.6. The summed E-state index contributed by atoms with van der Waals surface area (Å²) in [5, 5.41) is 8.63. The number of fused-ring (bicyclic) bond motifs is 1. The van der Waals surface area contributed by atoms with Crippen molar-refractivity contribution in [2.24, 2.45) is 11.7 Å². The highest BCUT2D eigenvalue weighted by Gasteiger charge is 2.30. The summed E-state index contributed by atoms with van der Waals surface area (Å²) in [7, 11) is 0. The molecule has 4 heteroatoms. The molecule has 2 N–H and O–H groups in total. The lowest BCUT2D eigenvalue weighted by Crippen LogP contribution is -2.27. The first-order valence-corrected chi connectivity index (χ1v) is 6.51. The second-order valence-electron chi connectivity index (χ2n) is 5.20. The predicted molar refractivity (Wildman–Crippen MR) is 62.0 cm³/mol. The van der Waals surface area contributed by atoms with Crippen molar-refractivity contribution < 1.29 is 0 Å². The molecule has 1 aromatic heterocycles. The number of nitrogens with zero attached hydrogens (tertiary/aromatic N) is 3. The Labute approximate surface area is 96.2 Å². The second-order valence-corrected chi connectivity index (χ2v) is 5.20. The maximum atomic E-state index is 6.16. The molecule has 0 bridgehead atoms. The van der Waals surface area contributed by atoms with Gasteiger partial charge in [0.05, 0.1) is 0 Å². The monoisotopic (exact) mass is 220 g/mol. The largest absolute Gasteiger partial charge is 0.327 e. The van der Waals surface area contributed by atoms with Gasteiger partial charge in [0.25, 0.3) is 0 Å². The van der Waals surface area contributed by atoms with Gasteiger partial charge in [0.1, 0.15) is 11.6 Å². The molecule has 0 spiro atoms. The van der Waals surface area contributed by atoms with E-state index in [-0.39, 0.29) is 0 Å². The summed E-state index contributed by atoms with van der Waals surface area (Å²) in [5.41, 5.74) is 6.16. The molecule has 16 heavy (non-hydrogen) atoms. The minimum Gasteiger partial charge on any atom is -0.327 e. The molecular formula is C12H20N4. The Morgan fingerprint density at radius 2 is 2.12 bits per heavy atom. The Kier molecular flexibility index (Phi) is 2.67. The van der Waals surface area contributed by atoms with E-state index in [0.29, 0.717) is 6.04 Å². The molecule has 0 radical (unpaired) electrons.